The quantitative estimate of drug-likeness (QED) is 0.248. The maximum absolute atomic E-state index is 12.7. The molecular weight excluding hydrogens is 446 g/mol. The molecule has 1 N–H and O–H groups in total. The number of carbonyl (C=O) groups excluding carboxylic acids is 1. The lowest BCUT2D eigenvalue weighted by atomic mass is 10.1. The third kappa shape index (κ3) is 5.61. The number of anilines is 1. The monoisotopic (exact) mass is 469 g/mol. The van der Waals surface area contributed by atoms with Crippen LogP contribution in [0.25, 0.3) is 16.3 Å². The Morgan fingerprint density at radius 3 is 2.71 bits per heavy atom. The molecule has 3 aromatic carbocycles. The first-order chi connectivity index (χ1) is 16.6. The fraction of sp³-hybridized carbons (Fsp3) is 0.148. The average molecular weight is 470 g/mol. The molecule has 0 unspecified atom stereocenters. The van der Waals surface area contributed by atoms with Crippen LogP contribution in [0.15, 0.2) is 72.3 Å². The fourth-order valence-corrected chi connectivity index (χ4v) is 4.23. The molecule has 1 amide bonds. The van der Waals surface area contributed by atoms with Crippen LogP contribution in [0.4, 0.5) is 5.13 Å². The second-order valence-corrected chi connectivity index (χ2v) is 8.56. The molecule has 0 radical (unpaired) electrons. The zero-order chi connectivity index (χ0) is 23.9. The van der Waals surface area contributed by atoms with Crippen molar-refractivity contribution in [3.05, 3.63) is 89.0 Å². The van der Waals surface area contributed by atoms with Gasteiger partial charge in [-0.15, -0.1) is 0 Å². The van der Waals surface area contributed by atoms with Crippen molar-refractivity contribution in [1.82, 2.24) is 4.98 Å². The number of thiazole rings is 1. The predicted octanol–water partition coefficient (Wildman–Crippen LogP) is 6.13. The smallest absolute Gasteiger partial charge is 0.268 e. The molecule has 170 valence electrons. The molecule has 0 aliphatic rings. The van der Waals surface area contributed by atoms with Crippen molar-refractivity contribution in [3.63, 3.8) is 0 Å². The first kappa shape index (κ1) is 23.0. The van der Waals surface area contributed by atoms with E-state index in [0.29, 0.717) is 35.4 Å². The highest BCUT2D eigenvalue weighted by Gasteiger charge is 2.14. The van der Waals surface area contributed by atoms with Crippen LogP contribution in [0.3, 0.4) is 0 Å². The van der Waals surface area contributed by atoms with Crippen LogP contribution in [-0.4, -0.2) is 17.5 Å². The Kier molecular flexibility index (Phi) is 7.21. The minimum absolute atomic E-state index is 0.0323. The van der Waals surface area contributed by atoms with Gasteiger partial charge in [-0.05, 0) is 55.3 Å². The zero-order valence-corrected chi connectivity index (χ0v) is 19.7. The number of hydrogen-bond acceptors (Lipinski definition) is 6. The number of carbonyl (C=O) groups is 1. The molecule has 7 heteroatoms. The van der Waals surface area contributed by atoms with E-state index in [-0.39, 0.29) is 5.57 Å². The van der Waals surface area contributed by atoms with E-state index in [1.807, 2.05) is 62.4 Å². The van der Waals surface area contributed by atoms with Crippen molar-refractivity contribution >= 4 is 38.7 Å². The van der Waals surface area contributed by atoms with Crippen LogP contribution in [0.2, 0.25) is 0 Å². The number of rotatable bonds is 8. The normalized spacial score (nSPS) is 11.1. The molecule has 0 fully saturated rings. The van der Waals surface area contributed by atoms with Gasteiger partial charge < -0.3 is 9.47 Å². The van der Waals surface area contributed by atoms with Gasteiger partial charge in [-0.2, -0.15) is 5.26 Å². The standard InChI is InChI=1S/C27H23N3O3S/c1-3-32-24-15-19(11-12-23(24)33-17-20-8-6-7-18(2)13-20)14-21(16-28)26(31)30-27-29-22-9-4-5-10-25(22)34-27/h4-15H,3,17H2,1-2H3,(H,29,30,31)/b21-14+. The Bertz CT molecular complexity index is 1370. The van der Waals surface area contributed by atoms with Gasteiger partial charge in [0.15, 0.2) is 16.6 Å². The number of amides is 1. The SMILES string of the molecule is CCOc1cc(/C=C(\C#N)C(=O)Nc2nc3ccccc3s2)ccc1OCc1cccc(C)c1. The van der Waals surface area contributed by atoms with Crippen molar-refractivity contribution < 1.29 is 14.3 Å². The summed E-state index contributed by atoms with van der Waals surface area (Å²) in [6, 6.07) is 23.0. The molecule has 0 atom stereocenters. The molecule has 0 spiro atoms. The van der Waals surface area contributed by atoms with Gasteiger partial charge >= 0.3 is 0 Å². The van der Waals surface area contributed by atoms with Gasteiger partial charge in [-0.25, -0.2) is 4.98 Å². The topological polar surface area (TPSA) is 84.2 Å². The second-order valence-electron chi connectivity index (χ2n) is 7.53. The summed E-state index contributed by atoms with van der Waals surface area (Å²) in [4.78, 5) is 17.1. The van der Waals surface area contributed by atoms with E-state index >= 15 is 0 Å². The maximum atomic E-state index is 12.7. The molecule has 34 heavy (non-hydrogen) atoms. The second kappa shape index (κ2) is 10.6. The predicted molar refractivity (Wildman–Crippen MR) is 135 cm³/mol. The van der Waals surface area contributed by atoms with E-state index in [9.17, 15) is 10.1 Å². The van der Waals surface area contributed by atoms with E-state index in [1.54, 1.807) is 18.2 Å². The number of hydrogen-bond donors (Lipinski definition) is 1. The van der Waals surface area contributed by atoms with Crippen LogP contribution in [0.1, 0.15) is 23.6 Å². The summed E-state index contributed by atoms with van der Waals surface area (Å²) in [5.74, 6) is 0.630. The van der Waals surface area contributed by atoms with Crippen molar-refractivity contribution in [2.45, 2.75) is 20.5 Å². The van der Waals surface area contributed by atoms with Gasteiger partial charge in [0, 0.05) is 0 Å². The van der Waals surface area contributed by atoms with E-state index in [4.69, 9.17) is 9.47 Å². The third-order valence-corrected chi connectivity index (χ3v) is 5.89. The molecule has 0 aliphatic heterocycles. The number of para-hydroxylation sites is 1. The Morgan fingerprint density at radius 1 is 1.09 bits per heavy atom. The van der Waals surface area contributed by atoms with E-state index < -0.39 is 5.91 Å². The first-order valence-corrected chi connectivity index (χ1v) is 11.6. The summed E-state index contributed by atoms with van der Waals surface area (Å²) in [6.07, 6.45) is 1.52. The van der Waals surface area contributed by atoms with Gasteiger partial charge in [0.1, 0.15) is 18.2 Å². The molecule has 0 bridgehead atoms. The zero-order valence-electron chi connectivity index (χ0n) is 18.9. The largest absolute Gasteiger partial charge is 0.490 e. The summed E-state index contributed by atoms with van der Waals surface area (Å²) >= 11 is 1.36. The number of benzene rings is 3. The summed E-state index contributed by atoms with van der Waals surface area (Å²) in [7, 11) is 0. The van der Waals surface area contributed by atoms with Crippen molar-refractivity contribution in [2.24, 2.45) is 0 Å². The Labute approximate surface area is 202 Å². The number of nitrogens with one attached hydrogen (secondary N) is 1. The lowest BCUT2D eigenvalue weighted by Crippen LogP contribution is -2.13. The van der Waals surface area contributed by atoms with Gasteiger partial charge in [-0.1, -0.05) is 59.4 Å². The molecule has 4 aromatic rings. The maximum Gasteiger partial charge on any atom is 0.268 e. The Balaban J connectivity index is 1.51. The number of ether oxygens (including phenoxy) is 2. The van der Waals surface area contributed by atoms with Crippen LogP contribution in [0, 0.1) is 18.3 Å². The number of nitriles is 1. The highest BCUT2D eigenvalue weighted by atomic mass is 32.1. The van der Waals surface area contributed by atoms with Gasteiger partial charge in [0.2, 0.25) is 0 Å². The molecule has 1 heterocycles. The number of nitrogens with zero attached hydrogens (tertiary/aromatic N) is 2. The molecule has 0 saturated heterocycles. The third-order valence-electron chi connectivity index (χ3n) is 4.93. The van der Waals surface area contributed by atoms with Gasteiger partial charge in [-0.3, -0.25) is 10.1 Å². The van der Waals surface area contributed by atoms with E-state index in [2.05, 4.69) is 16.4 Å². The Morgan fingerprint density at radius 2 is 1.94 bits per heavy atom. The lowest BCUT2D eigenvalue weighted by molar-refractivity contribution is -0.112. The van der Waals surface area contributed by atoms with Gasteiger partial charge in [0.25, 0.3) is 5.91 Å². The number of aromatic nitrogens is 1. The molecule has 4 rings (SSSR count). The molecule has 0 aliphatic carbocycles. The molecule has 0 saturated carbocycles. The summed E-state index contributed by atoms with van der Waals surface area (Å²) < 4.78 is 12.7. The lowest BCUT2D eigenvalue weighted by Gasteiger charge is -2.13. The van der Waals surface area contributed by atoms with Crippen LogP contribution >= 0.6 is 11.3 Å². The Hall–Kier alpha value is -4.15. The van der Waals surface area contributed by atoms with Crippen LogP contribution in [0.5, 0.6) is 11.5 Å². The van der Waals surface area contributed by atoms with Crippen molar-refractivity contribution in [3.8, 4) is 17.6 Å². The van der Waals surface area contributed by atoms with Crippen LogP contribution < -0.4 is 14.8 Å². The molecule has 1 aromatic heterocycles. The van der Waals surface area contributed by atoms with Crippen molar-refractivity contribution in [1.29, 1.82) is 5.26 Å². The van der Waals surface area contributed by atoms with Crippen LogP contribution in [-0.2, 0) is 11.4 Å². The first-order valence-electron chi connectivity index (χ1n) is 10.8. The highest BCUT2D eigenvalue weighted by Crippen LogP contribution is 2.31. The summed E-state index contributed by atoms with van der Waals surface area (Å²) in [6.45, 7) is 4.79. The van der Waals surface area contributed by atoms with Crippen molar-refractivity contribution in [2.75, 3.05) is 11.9 Å². The van der Waals surface area contributed by atoms with E-state index in [0.717, 1.165) is 15.8 Å². The van der Waals surface area contributed by atoms with Gasteiger partial charge in [0.05, 0.1) is 16.8 Å². The minimum Gasteiger partial charge on any atom is -0.490 e. The number of fused-ring (bicyclic) bond motifs is 1. The molecule has 6 nitrogen and oxygen atoms in total. The average Bonchev–Trinajstić information content (AvgIpc) is 3.24. The summed E-state index contributed by atoms with van der Waals surface area (Å²) in [5, 5.41) is 12.7. The number of aryl methyl sites for hydroxylation is 1. The van der Waals surface area contributed by atoms with E-state index in [1.165, 1.54) is 23.0 Å². The highest BCUT2D eigenvalue weighted by molar-refractivity contribution is 7.22. The molecular formula is C27H23N3O3S. The summed E-state index contributed by atoms with van der Waals surface area (Å²) in [5.41, 5.74) is 3.65. The fourth-order valence-electron chi connectivity index (χ4n) is 3.37. The minimum atomic E-state index is -0.515.